The number of carbonyl (C=O) groups excluding carboxylic acids is 1. The molecule has 1 aliphatic rings. The molecule has 2 amide bonds. The quantitative estimate of drug-likeness (QED) is 0.863. The predicted octanol–water partition coefficient (Wildman–Crippen LogP) is 2.14. The maximum Gasteiger partial charge on any atom is 0.452 e. The van der Waals surface area contributed by atoms with Gasteiger partial charge in [0.15, 0.2) is 0 Å². The smallest absolute Gasteiger partial charge is 0.323 e. The third kappa shape index (κ3) is 3.25. The lowest BCUT2D eigenvalue weighted by Gasteiger charge is -2.25. The van der Waals surface area contributed by atoms with Crippen molar-refractivity contribution in [1.82, 2.24) is 14.3 Å². The van der Waals surface area contributed by atoms with Gasteiger partial charge in [-0.1, -0.05) is 0 Å². The molecule has 0 radical (unpaired) electrons. The summed E-state index contributed by atoms with van der Waals surface area (Å²) in [6, 6.07) is -0.430. The summed E-state index contributed by atoms with van der Waals surface area (Å²) in [5.74, 6) is 0.436. The standard InChI is InChI=1S/C8H9F3N4OS2/c9-8(10,11)5-12-6(18-14-5)13-7(16)15-1-3-17-4-2-15/h1-4H2,(H,12,13,14,16). The highest BCUT2D eigenvalue weighted by atomic mass is 32.2. The Balaban J connectivity index is 1.96. The van der Waals surface area contributed by atoms with Gasteiger partial charge in [0.1, 0.15) is 0 Å². The van der Waals surface area contributed by atoms with Crippen LogP contribution in [0, 0.1) is 0 Å². The molecule has 2 rings (SSSR count). The maximum absolute atomic E-state index is 12.2. The number of alkyl halides is 3. The number of hydrogen-bond acceptors (Lipinski definition) is 5. The second-order valence-corrected chi connectivity index (χ2v) is 5.43. The van der Waals surface area contributed by atoms with Gasteiger partial charge in [0.25, 0.3) is 0 Å². The van der Waals surface area contributed by atoms with Crippen molar-refractivity contribution in [2.75, 3.05) is 29.9 Å². The molecule has 0 unspecified atom stereocenters. The zero-order valence-corrected chi connectivity index (χ0v) is 10.7. The van der Waals surface area contributed by atoms with E-state index in [-0.39, 0.29) is 5.13 Å². The molecule has 5 nitrogen and oxygen atoms in total. The van der Waals surface area contributed by atoms with Crippen molar-refractivity contribution in [1.29, 1.82) is 0 Å². The molecule has 0 atom stereocenters. The summed E-state index contributed by atoms with van der Waals surface area (Å²) in [5.41, 5.74) is 0. The molecule has 1 aliphatic heterocycles. The van der Waals surface area contributed by atoms with E-state index in [0.717, 1.165) is 11.5 Å². The molecule has 1 saturated heterocycles. The van der Waals surface area contributed by atoms with E-state index in [0.29, 0.717) is 24.6 Å². The highest BCUT2D eigenvalue weighted by Crippen LogP contribution is 2.29. The minimum atomic E-state index is -4.58. The van der Waals surface area contributed by atoms with Gasteiger partial charge in [-0.05, 0) is 0 Å². The van der Waals surface area contributed by atoms with E-state index in [1.54, 1.807) is 16.7 Å². The molecule has 0 aromatic carbocycles. The van der Waals surface area contributed by atoms with E-state index in [1.165, 1.54) is 0 Å². The Labute approximate surface area is 109 Å². The average Bonchev–Trinajstić information content (AvgIpc) is 2.78. The Kier molecular flexibility index (Phi) is 3.95. The highest BCUT2D eigenvalue weighted by molar-refractivity contribution is 7.99. The van der Waals surface area contributed by atoms with Gasteiger partial charge in [-0.2, -0.15) is 34.3 Å². The molecule has 2 heterocycles. The van der Waals surface area contributed by atoms with Crippen LogP contribution < -0.4 is 5.32 Å². The number of aromatic nitrogens is 2. The molecule has 1 aromatic rings. The van der Waals surface area contributed by atoms with Crippen LogP contribution in [-0.2, 0) is 6.18 Å². The van der Waals surface area contributed by atoms with Crippen LogP contribution in [0.1, 0.15) is 5.82 Å². The average molecular weight is 298 g/mol. The van der Waals surface area contributed by atoms with Crippen LogP contribution in [0.25, 0.3) is 0 Å². The van der Waals surface area contributed by atoms with E-state index in [4.69, 9.17) is 0 Å². The Morgan fingerprint density at radius 3 is 2.56 bits per heavy atom. The normalized spacial score (nSPS) is 16.7. The van der Waals surface area contributed by atoms with E-state index in [9.17, 15) is 18.0 Å². The molecule has 1 fully saturated rings. The lowest BCUT2D eigenvalue weighted by molar-refractivity contribution is -0.144. The summed E-state index contributed by atoms with van der Waals surface area (Å²) in [4.78, 5) is 16.5. The van der Waals surface area contributed by atoms with Crippen LogP contribution in [0.4, 0.5) is 23.1 Å². The first-order valence-electron chi connectivity index (χ1n) is 5.01. The number of amides is 2. The predicted molar refractivity (Wildman–Crippen MR) is 62.8 cm³/mol. The lowest BCUT2D eigenvalue weighted by Crippen LogP contribution is -2.40. The number of rotatable bonds is 1. The molecule has 0 bridgehead atoms. The number of halogens is 3. The monoisotopic (exact) mass is 298 g/mol. The molecule has 1 aromatic heterocycles. The van der Waals surface area contributed by atoms with Crippen molar-refractivity contribution in [3.05, 3.63) is 5.82 Å². The fraction of sp³-hybridized carbons (Fsp3) is 0.625. The van der Waals surface area contributed by atoms with E-state index in [1.807, 2.05) is 0 Å². The highest BCUT2D eigenvalue weighted by Gasteiger charge is 2.36. The fourth-order valence-corrected chi connectivity index (χ4v) is 2.81. The summed E-state index contributed by atoms with van der Waals surface area (Å²) in [6.45, 7) is 1.17. The van der Waals surface area contributed by atoms with Gasteiger partial charge < -0.3 is 4.90 Å². The zero-order chi connectivity index (χ0) is 13.2. The van der Waals surface area contributed by atoms with E-state index >= 15 is 0 Å². The largest absolute Gasteiger partial charge is 0.452 e. The van der Waals surface area contributed by atoms with Gasteiger partial charge in [-0.25, -0.2) is 4.79 Å². The summed E-state index contributed by atoms with van der Waals surface area (Å²) in [7, 11) is 0. The third-order valence-electron chi connectivity index (χ3n) is 2.19. The minimum Gasteiger partial charge on any atom is -0.323 e. The number of hydrogen-bond donors (Lipinski definition) is 1. The summed E-state index contributed by atoms with van der Waals surface area (Å²) >= 11 is 2.26. The molecular weight excluding hydrogens is 289 g/mol. The molecule has 100 valence electrons. The molecule has 10 heteroatoms. The molecule has 0 spiro atoms. The number of urea groups is 1. The summed E-state index contributed by atoms with van der Waals surface area (Å²) < 4.78 is 39.9. The molecule has 1 N–H and O–H groups in total. The summed E-state index contributed by atoms with van der Waals surface area (Å²) in [6.07, 6.45) is -4.58. The van der Waals surface area contributed by atoms with Crippen molar-refractivity contribution >= 4 is 34.5 Å². The van der Waals surface area contributed by atoms with Crippen LogP contribution >= 0.6 is 23.3 Å². The van der Waals surface area contributed by atoms with Gasteiger partial charge >= 0.3 is 12.2 Å². The van der Waals surface area contributed by atoms with E-state index < -0.39 is 18.0 Å². The lowest BCUT2D eigenvalue weighted by atomic mass is 10.5. The van der Waals surface area contributed by atoms with Crippen molar-refractivity contribution in [2.24, 2.45) is 0 Å². The number of thioether (sulfide) groups is 1. The second kappa shape index (κ2) is 5.31. The maximum atomic E-state index is 12.2. The van der Waals surface area contributed by atoms with Crippen molar-refractivity contribution in [2.45, 2.75) is 6.18 Å². The topological polar surface area (TPSA) is 58.1 Å². The first-order valence-corrected chi connectivity index (χ1v) is 6.94. The molecule has 18 heavy (non-hydrogen) atoms. The minimum absolute atomic E-state index is 0.134. The van der Waals surface area contributed by atoms with Crippen molar-refractivity contribution in [3.8, 4) is 0 Å². The fourth-order valence-electron chi connectivity index (χ4n) is 1.33. The van der Waals surface area contributed by atoms with Gasteiger partial charge in [-0.3, -0.25) is 5.32 Å². The number of nitrogens with zero attached hydrogens (tertiary/aromatic N) is 3. The van der Waals surface area contributed by atoms with Gasteiger partial charge in [-0.15, -0.1) is 0 Å². The molecule has 0 aliphatic carbocycles. The first kappa shape index (κ1) is 13.4. The number of carbonyl (C=O) groups is 1. The van der Waals surface area contributed by atoms with Crippen LogP contribution in [0.15, 0.2) is 0 Å². The SMILES string of the molecule is O=C(Nc1nc(C(F)(F)F)ns1)N1CCSCC1. The van der Waals surface area contributed by atoms with Gasteiger partial charge in [0.05, 0.1) is 0 Å². The Morgan fingerprint density at radius 1 is 1.33 bits per heavy atom. The Hall–Kier alpha value is -1.03. The van der Waals surface area contributed by atoms with Crippen LogP contribution in [0.5, 0.6) is 0 Å². The van der Waals surface area contributed by atoms with Crippen molar-refractivity contribution < 1.29 is 18.0 Å². The van der Waals surface area contributed by atoms with Gasteiger partial charge in [0.2, 0.25) is 11.0 Å². The number of nitrogens with one attached hydrogen (secondary N) is 1. The van der Waals surface area contributed by atoms with Crippen molar-refractivity contribution in [3.63, 3.8) is 0 Å². The Morgan fingerprint density at radius 2 is 2.00 bits per heavy atom. The second-order valence-electron chi connectivity index (χ2n) is 3.45. The molecule has 0 saturated carbocycles. The first-order chi connectivity index (χ1) is 8.47. The number of anilines is 1. The van der Waals surface area contributed by atoms with Crippen LogP contribution in [0.3, 0.4) is 0 Å². The van der Waals surface area contributed by atoms with Crippen LogP contribution in [-0.4, -0.2) is 44.9 Å². The third-order valence-corrected chi connectivity index (χ3v) is 3.76. The van der Waals surface area contributed by atoms with E-state index in [2.05, 4.69) is 14.7 Å². The Bertz CT molecular complexity index is 430. The van der Waals surface area contributed by atoms with Gasteiger partial charge in [0, 0.05) is 36.1 Å². The summed E-state index contributed by atoms with van der Waals surface area (Å²) in [5, 5.41) is 2.19. The molecular formula is C8H9F3N4OS2. The zero-order valence-electron chi connectivity index (χ0n) is 9.03. The van der Waals surface area contributed by atoms with Crippen LogP contribution in [0.2, 0.25) is 0 Å².